The quantitative estimate of drug-likeness (QED) is 0.740. The van der Waals surface area contributed by atoms with Gasteiger partial charge >= 0.3 is 5.97 Å². The lowest BCUT2D eigenvalue weighted by molar-refractivity contribution is -0.140. The molecule has 3 N–H and O–H groups in total. The van der Waals surface area contributed by atoms with Gasteiger partial charge in [-0.3, -0.25) is 9.59 Å². The third-order valence-corrected chi connectivity index (χ3v) is 3.45. The number of carbonyl (C=O) groups is 2. The number of aliphatic carboxylic acids is 1. The second-order valence-corrected chi connectivity index (χ2v) is 5.56. The molecular weight excluding hydrogens is 314 g/mol. The summed E-state index contributed by atoms with van der Waals surface area (Å²) in [4.78, 5) is 22.7. The SMILES string of the molecule is CC(CO)(CNC(=O)c1ccccc1Br)CC(=O)O. The summed E-state index contributed by atoms with van der Waals surface area (Å²) in [7, 11) is 0. The Morgan fingerprint density at radius 3 is 2.53 bits per heavy atom. The lowest BCUT2D eigenvalue weighted by Gasteiger charge is -2.25. The van der Waals surface area contributed by atoms with Crippen molar-refractivity contribution < 1.29 is 19.8 Å². The van der Waals surface area contributed by atoms with E-state index in [2.05, 4.69) is 21.2 Å². The molecule has 1 aromatic rings. The first-order chi connectivity index (χ1) is 8.88. The molecule has 0 aliphatic heterocycles. The molecule has 6 heteroatoms. The molecule has 0 saturated carbocycles. The van der Waals surface area contributed by atoms with Crippen LogP contribution in [0.3, 0.4) is 0 Å². The van der Waals surface area contributed by atoms with E-state index in [1.165, 1.54) is 0 Å². The minimum absolute atomic E-state index is 0.0932. The van der Waals surface area contributed by atoms with E-state index < -0.39 is 11.4 Å². The van der Waals surface area contributed by atoms with Crippen LogP contribution in [-0.4, -0.2) is 35.2 Å². The molecule has 5 nitrogen and oxygen atoms in total. The molecule has 0 spiro atoms. The lowest BCUT2D eigenvalue weighted by Crippen LogP contribution is -2.39. The van der Waals surface area contributed by atoms with Gasteiger partial charge in [-0.15, -0.1) is 0 Å². The maximum absolute atomic E-state index is 11.9. The van der Waals surface area contributed by atoms with Crippen molar-refractivity contribution in [3.8, 4) is 0 Å². The average Bonchev–Trinajstić information content (AvgIpc) is 2.36. The number of amides is 1. The number of rotatable bonds is 6. The van der Waals surface area contributed by atoms with E-state index >= 15 is 0 Å². The third-order valence-electron chi connectivity index (χ3n) is 2.75. The Morgan fingerprint density at radius 2 is 2.00 bits per heavy atom. The fourth-order valence-electron chi connectivity index (χ4n) is 1.57. The third kappa shape index (κ3) is 4.65. The highest BCUT2D eigenvalue weighted by Gasteiger charge is 2.27. The van der Waals surface area contributed by atoms with E-state index in [0.29, 0.717) is 10.0 Å². The summed E-state index contributed by atoms with van der Waals surface area (Å²) in [6.07, 6.45) is -0.209. The fourth-order valence-corrected chi connectivity index (χ4v) is 2.04. The molecule has 0 saturated heterocycles. The van der Waals surface area contributed by atoms with Gasteiger partial charge in [-0.25, -0.2) is 0 Å². The molecular formula is C13H16BrNO4. The normalized spacial score (nSPS) is 13.6. The molecule has 1 aromatic carbocycles. The number of benzene rings is 1. The molecule has 0 aromatic heterocycles. The fraction of sp³-hybridized carbons (Fsp3) is 0.385. The first kappa shape index (κ1) is 15.7. The van der Waals surface area contributed by atoms with Crippen LogP contribution in [0.1, 0.15) is 23.7 Å². The van der Waals surface area contributed by atoms with Gasteiger partial charge in [0.15, 0.2) is 0 Å². The van der Waals surface area contributed by atoms with Crippen LogP contribution >= 0.6 is 15.9 Å². The highest BCUT2D eigenvalue weighted by Crippen LogP contribution is 2.20. The van der Waals surface area contributed by atoms with Gasteiger partial charge < -0.3 is 15.5 Å². The van der Waals surface area contributed by atoms with Gasteiger partial charge in [0.2, 0.25) is 0 Å². The second kappa shape index (κ2) is 6.68. The maximum atomic E-state index is 11.9. The van der Waals surface area contributed by atoms with Crippen LogP contribution in [-0.2, 0) is 4.79 Å². The van der Waals surface area contributed by atoms with Crippen molar-refractivity contribution >= 4 is 27.8 Å². The Balaban J connectivity index is 2.68. The van der Waals surface area contributed by atoms with Crippen molar-refractivity contribution in [3.05, 3.63) is 34.3 Å². The minimum Gasteiger partial charge on any atom is -0.481 e. The highest BCUT2D eigenvalue weighted by atomic mass is 79.9. The molecule has 0 aliphatic rings. The maximum Gasteiger partial charge on any atom is 0.304 e. The topological polar surface area (TPSA) is 86.6 Å². The molecule has 0 heterocycles. The van der Waals surface area contributed by atoms with Crippen LogP contribution in [0.25, 0.3) is 0 Å². The summed E-state index contributed by atoms with van der Waals surface area (Å²) in [5, 5.41) is 20.7. The zero-order chi connectivity index (χ0) is 14.5. The molecule has 1 amide bonds. The molecule has 0 bridgehead atoms. The van der Waals surface area contributed by atoms with Crippen molar-refractivity contribution in [2.45, 2.75) is 13.3 Å². The number of aliphatic hydroxyl groups is 1. The summed E-state index contributed by atoms with van der Waals surface area (Å²) in [6, 6.07) is 6.94. The first-order valence-corrected chi connectivity index (χ1v) is 6.53. The molecule has 19 heavy (non-hydrogen) atoms. The van der Waals surface area contributed by atoms with E-state index in [1.54, 1.807) is 31.2 Å². The van der Waals surface area contributed by atoms with Crippen molar-refractivity contribution in [1.29, 1.82) is 0 Å². The van der Waals surface area contributed by atoms with Crippen molar-refractivity contribution in [1.82, 2.24) is 5.32 Å². The van der Waals surface area contributed by atoms with Gasteiger partial charge in [0.05, 0.1) is 18.6 Å². The van der Waals surface area contributed by atoms with Gasteiger partial charge in [0.25, 0.3) is 5.91 Å². The van der Waals surface area contributed by atoms with E-state index in [4.69, 9.17) is 5.11 Å². The zero-order valence-corrected chi connectivity index (χ0v) is 12.1. The highest BCUT2D eigenvalue weighted by molar-refractivity contribution is 9.10. The van der Waals surface area contributed by atoms with Crippen LogP contribution in [0.15, 0.2) is 28.7 Å². The predicted octanol–water partition coefficient (Wildman–Crippen LogP) is 1.65. The van der Waals surface area contributed by atoms with Gasteiger partial charge in [0, 0.05) is 16.4 Å². The number of halogens is 1. The summed E-state index contributed by atoms with van der Waals surface area (Å²) in [5.41, 5.74) is -0.402. The van der Waals surface area contributed by atoms with Crippen molar-refractivity contribution in [2.75, 3.05) is 13.2 Å². The number of aliphatic hydroxyl groups excluding tert-OH is 1. The van der Waals surface area contributed by atoms with Crippen LogP contribution < -0.4 is 5.32 Å². The number of carboxylic acids is 1. The lowest BCUT2D eigenvalue weighted by atomic mass is 9.87. The average molecular weight is 330 g/mol. The second-order valence-electron chi connectivity index (χ2n) is 4.70. The Bertz CT molecular complexity index is 477. The monoisotopic (exact) mass is 329 g/mol. The Labute approximate surface area is 119 Å². The smallest absolute Gasteiger partial charge is 0.304 e. The van der Waals surface area contributed by atoms with E-state index in [9.17, 15) is 14.7 Å². The minimum atomic E-state index is -1.01. The predicted molar refractivity (Wildman–Crippen MR) is 73.9 cm³/mol. The van der Waals surface area contributed by atoms with E-state index in [1.807, 2.05) is 0 Å². The van der Waals surface area contributed by atoms with Crippen LogP contribution in [0, 0.1) is 5.41 Å². The molecule has 0 radical (unpaired) electrons. The van der Waals surface area contributed by atoms with Crippen molar-refractivity contribution in [2.24, 2.45) is 5.41 Å². The number of hydrogen-bond acceptors (Lipinski definition) is 3. The van der Waals surface area contributed by atoms with E-state index in [-0.39, 0.29) is 25.5 Å². The van der Waals surface area contributed by atoms with Crippen LogP contribution in [0.4, 0.5) is 0 Å². The molecule has 0 fully saturated rings. The van der Waals surface area contributed by atoms with Crippen LogP contribution in [0.5, 0.6) is 0 Å². The first-order valence-electron chi connectivity index (χ1n) is 5.73. The Kier molecular flexibility index (Phi) is 5.50. The molecule has 1 atom stereocenters. The van der Waals surface area contributed by atoms with Crippen LogP contribution in [0.2, 0.25) is 0 Å². The Hall–Kier alpha value is -1.40. The van der Waals surface area contributed by atoms with Crippen molar-refractivity contribution in [3.63, 3.8) is 0 Å². The van der Waals surface area contributed by atoms with Gasteiger partial charge in [-0.05, 0) is 28.1 Å². The summed E-state index contributed by atoms with van der Waals surface area (Å²) >= 11 is 3.27. The summed E-state index contributed by atoms with van der Waals surface area (Å²) < 4.78 is 0.663. The van der Waals surface area contributed by atoms with Gasteiger partial charge in [-0.1, -0.05) is 19.1 Å². The van der Waals surface area contributed by atoms with E-state index in [0.717, 1.165) is 0 Å². The zero-order valence-electron chi connectivity index (χ0n) is 10.5. The summed E-state index contributed by atoms with van der Waals surface area (Å²) in [5.74, 6) is -1.32. The summed E-state index contributed by atoms with van der Waals surface area (Å²) in [6.45, 7) is 1.40. The molecule has 1 rings (SSSR count). The number of hydrogen-bond donors (Lipinski definition) is 3. The molecule has 0 aliphatic carbocycles. The Morgan fingerprint density at radius 1 is 1.37 bits per heavy atom. The number of carboxylic acid groups (broad SMARTS) is 1. The van der Waals surface area contributed by atoms with Gasteiger partial charge in [-0.2, -0.15) is 0 Å². The number of nitrogens with one attached hydrogen (secondary N) is 1. The largest absolute Gasteiger partial charge is 0.481 e. The standard InChI is InChI=1S/C13H16BrNO4/c1-13(8-16,6-11(17)18)7-15-12(19)9-4-2-3-5-10(9)14/h2-5,16H,6-8H2,1H3,(H,15,19)(H,17,18). The van der Waals surface area contributed by atoms with Gasteiger partial charge in [0.1, 0.15) is 0 Å². The molecule has 104 valence electrons. The molecule has 1 unspecified atom stereocenters. The number of carbonyl (C=O) groups excluding carboxylic acids is 1.